The molecule has 4 unspecified atom stereocenters. The Bertz CT molecular complexity index is 1540. The Morgan fingerprint density at radius 1 is 0.842 bits per heavy atom. The van der Waals surface area contributed by atoms with Gasteiger partial charge in [-0.15, -0.1) is 0 Å². The van der Waals surface area contributed by atoms with Crippen LogP contribution in [0.3, 0.4) is 0 Å². The second-order valence-electron chi connectivity index (χ2n) is 14.2. The number of aliphatic hydroxyl groups is 1. The molecule has 0 aliphatic carbocycles. The topological polar surface area (TPSA) is 179 Å². The highest BCUT2D eigenvalue weighted by Gasteiger charge is 2.47. The molecule has 2 amide bonds. The Morgan fingerprint density at radius 2 is 1.51 bits per heavy atom. The van der Waals surface area contributed by atoms with Crippen molar-refractivity contribution in [3.63, 3.8) is 0 Å². The molecule has 0 saturated heterocycles. The van der Waals surface area contributed by atoms with Crippen molar-refractivity contribution < 1.29 is 48.0 Å². The van der Waals surface area contributed by atoms with E-state index in [1.807, 2.05) is 39.0 Å². The van der Waals surface area contributed by atoms with Crippen molar-refractivity contribution in [2.75, 3.05) is 57.3 Å². The van der Waals surface area contributed by atoms with Crippen LogP contribution in [0.1, 0.15) is 77.6 Å². The molecule has 0 saturated carbocycles. The predicted molar refractivity (Wildman–Crippen MR) is 229 cm³/mol. The maximum Gasteiger partial charge on any atom is 0.311 e. The smallest absolute Gasteiger partial charge is 0.311 e. The summed E-state index contributed by atoms with van der Waals surface area (Å²) in [5.41, 5.74) is -1.83. The van der Waals surface area contributed by atoms with Crippen LogP contribution in [-0.2, 0) is 33.4 Å². The van der Waals surface area contributed by atoms with E-state index >= 15 is 0 Å². The van der Waals surface area contributed by atoms with Crippen molar-refractivity contribution in [2.45, 2.75) is 78.3 Å². The molecule has 0 fully saturated rings. The molecule has 0 aliphatic heterocycles. The Hall–Kier alpha value is -3.12. The van der Waals surface area contributed by atoms with Crippen molar-refractivity contribution in [1.29, 1.82) is 0 Å². The summed E-state index contributed by atoms with van der Waals surface area (Å²) in [7, 11) is 7.55. The van der Waals surface area contributed by atoms with Crippen LogP contribution in [0.15, 0.2) is 53.7 Å². The van der Waals surface area contributed by atoms with Crippen LogP contribution < -0.4 is 15.4 Å². The molecular weight excluding hydrogens is 811 g/mol. The highest BCUT2D eigenvalue weighted by Crippen LogP contribution is 2.43. The maximum atomic E-state index is 13.8. The number of aliphatic hydroxyl groups excluding tert-OH is 1. The molecule has 2 rings (SSSR count). The molecule has 0 aliphatic rings. The molecule has 318 valence electrons. The summed E-state index contributed by atoms with van der Waals surface area (Å²) < 4.78 is 21.9. The number of amides is 2. The molecule has 0 bridgehead atoms. The van der Waals surface area contributed by atoms with Gasteiger partial charge in [0.1, 0.15) is 30.6 Å². The van der Waals surface area contributed by atoms with Crippen molar-refractivity contribution in [3.8, 4) is 5.75 Å². The fraction of sp³-hybridized carbons (Fsp3) is 0.600. The largest absolute Gasteiger partial charge is 0.497 e. The normalized spacial score (nSPS) is 14.3. The standard InChI is InChI=1S/C40H59N3O10S4/c1-8-39(5,37(48)43-28(2)3)27-40(6,38(49)53-19-18-44)26-31(25-29(4)35(46)51-21-24-56-57-33-11-9-10-16-41-33)36(47)52-20-23-55-54-22-17-42-34(45)30-12-14-32(50-7)15-13-30/h9-16,28-29,31,44H,8,17-27H2,1-7H3,(H,42,45)(H,43,48). The van der Waals surface area contributed by atoms with Crippen LogP contribution in [0.5, 0.6) is 5.75 Å². The van der Waals surface area contributed by atoms with Crippen LogP contribution >= 0.6 is 43.2 Å². The number of carbonyl (C=O) groups excluding carboxylic acids is 5. The predicted octanol–water partition coefficient (Wildman–Crippen LogP) is 6.63. The van der Waals surface area contributed by atoms with Crippen molar-refractivity contribution >= 4 is 72.9 Å². The molecule has 57 heavy (non-hydrogen) atoms. The molecule has 1 aromatic heterocycles. The second-order valence-corrected chi connectivity index (χ2v) is 19.4. The van der Waals surface area contributed by atoms with E-state index in [0.29, 0.717) is 41.5 Å². The van der Waals surface area contributed by atoms with E-state index in [9.17, 15) is 29.1 Å². The quantitative estimate of drug-likeness (QED) is 0.0359. The molecule has 1 heterocycles. The van der Waals surface area contributed by atoms with E-state index in [4.69, 9.17) is 18.9 Å². The van der Waals surface area contributed by atoms with Gasteiger partial charge in [-0.3, -0.25) is 24.0 Å². The van der Waals surface area contributed by atoms with Gasteiger partial charge >= 0.3 is 17.9 Å². The summed E-state index contributed by atoms with van der Waals surface area (Å²) in [4.78, 5) is 70.8. The van der Waals surface area contributed by atoms with Crippen molar-refractivity contribution in [2.24, 2.45) is 22.7 Å². The van der Waals surface area contributed by atoms with Gasteiger partial charge in [-0.1, -0.05) is 59.2 Å². The minimum atomic E-state index is -1.36. The lowest BCUT2D eigenvalue weighted by Gasteiger charge is -2.38. The van der Waals surface area contributed by atoms with Gasteiger partial charge in [-0.2, -0.15) is 0 Å². The zero-order chi connectivity index (χ0) is 42.3. The third-order valence-electron chi connectivity index (χ3n) is 8.93. The number of carbonyl (C=O) groups is 5. The molecule has 1 aromatic carbocycles. The summed E-state index contributed by atoms with van der Waals surface area (Å²) in [5, 5.41) is 16.1. The number of ether oxygens (including phenoxy) is 4. The minimum absolute atomic E-state index is 0.0349. The molecule has 2 aromatic rings. The van der Waals surface area contributed by atoms with Gasteiger partial charge in [-0.05, 0) is 93.6 Å². The first-order valence-corrected chi connectivity index (χ1v) is 23.8. The fourth-order valence-electron chi connectivity index (χ4n) is 5.81. The molecule has 0 spiro atoms. The first kappa shape index (κ1) is 50.0. The third-order valence-corrected chi connectivity index (χ3v) is 13.5. The number of benzene rings is 1. The molecule has 3 N–H and O–H groups in total. The number of hydrogen-bond acceptors (Lipinski definition) is 15. The number of aromatic nitrogens is 1. The van der Waals surface area contributed by atoms with E-state index in [2.05, 4.69) is 15.6 Å². The Kier molecular flexibility index (Phi) is 23.5. The monoisotopic (exact) mass is 869 g/mol. The fourth-order valence-corrected chi connectivity index (χ4v) is 9.25. The van der Waals surface area contributed by atoms with E-state index in [1.165, 1.54) is 43.2 Å². The lowest BCUT2D eigenvalue weighted by Crippen LogP contribution is -2.47. The molecule has 4 atom stereocenters. The van der Waals surface area contributed by atoms with Gasteiger partial charge in [0.25, 0.3) is 5.91 Å². The first-order valence-electron chi connectivity index (χ1n) is 19.0. The third kappa shape index (κ3) is 18.6. The van der Waals surface area contributed by atoms with Crippen molar-refractivity contribution in [1.82, 2.24) is 15.6 Å². The number of methoxy groups -OCH3 is 1. The van der Waals surface area contributed by atoms with Gasteiger partial charge in [0.15, 0.2) is 0 Å². The van der Waals surface area contributed by atoms with Gasteiger partial charge < -0.3 is 34.7 Å². The van der Waals surface area contributed by atoms with E-state index in [0.717, 1.165) is 5.03 Å². The summed E-state index contributed by atoms with van der Waals surface area (Å²) in [5.74, 6) is -1.51. The second kappa shape index (κ2) is 26.8. The summed E-state index contributed by atoms with van der Waals surface area (Å²) in [6, 6.07) is 12.3. The number of pyridine rings is 1. The lowest BCUT2D eigenvalue weighted by atomic mass is 9.66. The lowest BCUT2D eigenvalue weighted by molar-refractivity contribution is -0.163. The minimum Gasteiger partial charge on any atom is -0.497 e. The number of nitrogens with one attached hydrogen (secondary N) is 2. The summed E-state index contributed by atoms with van der Waals surface area (Å²) in [6.07, 6.45) is 2.13. The molecule has 17 heteroatoms. The molecular formula is C40H59N3O10S4. The van der Waals surface area contributed by atoms with E-state index in [1.54, 1.807) is 58.3 Å². The van der Waals surface area contributed by atoms with Gasteiger partial charge in [0.05, 0.1) is 31.0 Å². The Labute approximate surface area is 353 Å². The van der Waals surface area contributed by atoms with E-state index < -0.39 is 47.2 Å². The van der Waals surface area contributed by atoms with Crippen LogP contribution in [0, 0.1) is 22.7 Å². The van der Waals surface area contributed by atoms with E-state index in [-0.39, 0.29) is 56.9 Å². The highest BCUT2D eigenvalue weighted by atomic mass is 33.1. The van der Waals surface area contributed by atoms with Crippen LogP contribution in [0.25, 0.3) is 0 Å². The van der Waals surface area contributed by atoms with Gasteiger partial charge in [-0.25, -0.2) is 4.98 Å². The van der Waals surface area contributed by atoms with Gasteiger partial charge in [0, 0.05) is 47.0 Å². The van der Waals surface area contributed by atoms with Crippen LogP contribution in [0.2, 0.25) is 0 Å². The highest BCUT2D eigenvalue weighted by molar-refractivity contribution is 8.77. The first-order chi connectivity index (χ1) is 27.2. The molecule has 0 radical (unpaired) electrons. The number of nitrogens with zero attached hydrogens (tertiary/aromatic N) is 1. The summed E-state index contributed by atoms with van der Waals surface area (Å²) >= 11 is 0. The SMILES string of the molecule is CCC(C)(CC(C)(CC(CC(C)C(=O)OCCSSc1ccccn1)C(=O)OCCSSCCNC(=O)c1ccc(OC)cc1)C(=O)OCCO)C(=O)NC(C)C. The zero-order valence-electron chi connectivity index (χ0n) is 34.0. The van der Waals surface area contributed by atoms with Crippen LogP contribution in [0.4, 0.5) is 0 Å². The van der Waals surface area contributed by atoms with Crippen molar-refractivity contribution in [3.05, 3.63) is 54.2 Å². The number of esters is 3. The number of rotatable bonds is 28. The Morgan fingerprint density at radius 3 is 2.12 bits per heavy atom. The van der Waals surface area contributed by atoms with Crippen LogP contribution in [-0.4, -0.2) is 103 Å². The Balaban J connectivity index is 2.09. The molecule has 13 nitrogen and oxygen atoms in total. The maximum absolute atomic E-state index is 13.8. The average Bonchev–Trinajstić information content (AvgIpc) is 3.20. The summed E-state index contributed by atoms with van der Waals surface area (Å²) in [6.45, 7) is 10.7. The number of hydrogen-bond donors (Lipinski definition) is 3. The van der Waals surface area contributed by atoms with Gasteiger partial charge in [0.2, 0.25) is 5.91 Å². The zero-order valence-corrected chi connectivity index (χ0v) is 37.3. The average molecular weight is 870 g/mol.